The number of hydrogen-bond acceptors (Lipinski definition) is 20. The molecule has 4 N–H and O–H groups in total. The van der Waals surface area contributed by atoms with E-state index in [2.05, 4.69) is 114 Å². The summed E-state index contributed by atoms with van der Waals surface area (Å²) in [5.41, 5.74) is 8.65. The molecule has 22 nitrogen and oxygen atoms in total. The number of aromatic nitrogens is 6. The lowest BCUT2D eigenvalue weighted by Crippen LogP contribution is -2.44. The van der Waals surface area contributed by atoms with Gasteiger partial charge in [0.25, 0.3) is 16.7 Å². The van der Waals surface area contributed by atoms with Crippen molar-refractivity contribution in [3.63, 3.8) is 0 Å². The fourth-order valence-corrected chi connectivity index (χ4v) is 22.3. The zero-order chi connectivity index (χ0) is 107. The summed E-state index contributed by atoms with van der Waals surface area (Å²) in [4.78, 5) is 106. The third-order valence-corrected chi connectivity index (χ3v) is 31.3. The molecule has 0 radical (unpaired) electrons. The van der Waals surface area contributed by atoms with Gasteiger partial charge in [0, 0.05) is 80.8 Å². The predicted molar refractivity (Wildman–Crippen MR) is 608 cm³/mol. The Hall–Kier alpha value is -11.5. The number of carbonyl (C=O) groups is 4. The predicted octanol–water partition coefficient (Wildman–Crippen LogP) is 29.1. The van der Waals surface area contributed by atoms with Crippen LogP contribution in [0.1, 0.15) is 424 Å². The number of benzene rings is 3. The number of unbranched alkanes of at least 4 members (excludes halogenated alkanes) is 30. The number of nitrogens with one attached hydrogen (secondary N) is 1. The number of nitrogens with zero attached hydrogens (tertiary/aromatic N) is 6. The van der Waals surface area contributed by atoms with Crippen molar-refractivity contribution in [3.05, 3.63) is 244 Å². The molecule has 0 bridgehead atoms. The van der Waals surface area contributed by atoms with E-state index in [4.69, 9.17) is 56.3 Å². The molecule has 9 aromatic rings. The molecule has 5 aliphatic heterocycles. The fraction of sp³-hybridized carbons (Fsp3) is 0.528. The molecule has 804 valence electrons. The van der Waals surface area contributed by atoms with Gasteiger partial charge in [-0.2, -0.15) is 0 Å². The Balaban J connectivity index is 0.000000187. The highest BCUT2D eigenvalue weighted by Crippen LogP contribution is 2.47. The number of cyclic esters (lactones) is 2. The van der Waals surface area contributed by atoms with E-state index in [9.17, 15) is 48.9 Å². The van der Waals surface area contributed by atoms with Gasteiger partial charge in [0.2, 0.25) is 0 Å². The van der Waals surface area contributed by atoms with Crippen LogP contribution in [0.2, 0.25) is 0 Å². The van der Waals surface area contributed by atoms with Crippen molar-refractivity contribution in [1.29, 1.82) is 5.41 Å². The number of fused-ring (bicyclic) bond motifs is 15. The number of ketones is 1. The highest BCUT2D eigenvalue weighted by molar-refractivity contribution is 7.80. The van der Waals surface area contributed by atoms with Gasteiger partial charge >= 0.3 is 17.9 Å². The van der Waals surface area contributed by atoms with Gasteiger partial charge < -0.3 is 52.7 Å². The van der Waals surface area contributed by atoms with E-state index in [0.717, 1.165) is 162 Å². The van der Waals surface area contributed by atoms with Gasteiger partial charge in [-0.1, -0.05) is 270 Å². The smallest absolute Gasteiger partial charge is 0.343 e. The fourth-order valence-electron chi connectivity index (χ4n) is 22.1. The van der Waals surface area contributed by atoms with Crippen molar-refractivity contribution in [3.8, 4) is 51.4 Å². The summed E-state index contributed by atoms with van der Waals surface area (Å²) in [6.07, 6.45) is 79.4. The molecule has 23 heteroatoms. The Labute approximate surface area is 894 Å². The molecule has 150 heavy (non-hydrogen) atoms. The topological polar surface area (TPSA) is 304 Å². The number of aryl methyl sites for hydroxylation is 3. The number of carbonyl (C=O) groups excluding carboxylic acids is 4. The maximum Gasteiger partial charge on any atom is 0.343 e. The standard InChI is InChI=1S/C43H57N3O4.C42H54N2O6.C42H54N2O5S/c1-4-7-8-9-10-11-12-13-14-15-16-17-18-19-20-21-22-23-40(44)50-31-24-26-37-34(28-31)32(5-2)35-30-46-38(41(35)45-37)29-36-33(42(46)48)25-27-39(47)43(36,49)6-3;1-4-7-8-9-10-11-12-13-14-15-16-17-18-19-20-21-22-23-38(45)50-30-24-25-36-32(26-30)31(5-2)33-28-44-37(39(33)43-36)27-35-34(40(44)46)29-49-41(47)42(35,48)6-3;1-4-7-8-9-10-11-12-13-14-15-16-17-18-19-20-21-22-23-38(50)49-30-24-25-36-32(26-30)31(5-2)33-28-44-37(39(33)43-36)27-35-34(40(44)45)29-48-41(46)42(35,47)6-3/h10-11,13-14,24,26,28-29,44,49H,4-9,12,15-23,25,27,30H2,1-3H3;10-11,13-14,24-27,48H,4-9,12,15-23,28-29H2,1-3H3;10-11,13-14,24-27,47H,4-9,12,15-23,28-29H2,1-3H3/b11-10-,14-13-,44-40?;2*11-10-,14-13-/t43-;2*42-/m000/s1. The second-order valence-corrected chi connectivity index (χ2v) is 42.0. The Morgan fingerprint density at radius 2 is 0.667 bits per heavy atom. The number of pyridine rings is 6. The number of hydrogen-bond donors (Lipinski definition) is 4. The number of esters is 3. The van der Waals surface area contributed by atoms with Crippen molar-refractivity contribution in [2.24, 2.45) is 0 Å². The molecule has 0 amide bonds. The zero-order valence-electron chi connectivity index (χ0n) is 91.1. The summed E-state index contributed by atoms with van der Waals surface area (Å²) in [6, 6.07) is 22.4. The van der Waals surface area contributed by atoms with Gasteiger partial charge in [-0.05, 0) is 262 Å². The summed E-state index contributed by atoms with van der Waals surface area (Å²) in [5, 5.41) is 45.5. The van der Waals surface area contributed by atoms with Gasteiger partial charge in [0.05, 0.1) is 81.5 Å². The molecule has 6 aromatic heterocycles. The lowest BCUT2D eigenvalue weighted by atomic mass is 9.77. The molecule has 0 unspecified atom stereocenters. The van der Waals surface area contributed by atoms with E-state index in [1.165, 1.54) is 180 Å². The first kappa shape index (κ1) is 116. The lowest BCUT2D eigenvalue weighted by molar-refractivity contribution is -0.172. The maximum absolute atomic E-state index is 13.7. The van der Waals surface area contributed by atoms with Crippen LogP contribution in [0.3, 0.4) is 0 Å². The Bertz CT molecular complexity index is 5990. The highest BCUT2D eigenvalue weighted by Gasteiger charge is 2.49. The normalized spacial score (nSPS) is 16.7. The first-order valence-electron chi connectivity index (χ1n) is 57.3. The Morgan fingerprint density at radius 3 is 1.01 bits per heavy atom. The molecule has 3 atom stereocenters. The van der Waals surface area contributed by atoms with Crippen LogP contribution in [-0.2, 0) is 104 Å². The van der Waals surface area contributed by atoms with Crippen molar-refractivity contribution >= 4 is 79.6 Å². The summed E-state index contributed by atoms with van der Waals surface area (Å²) in [6.45, 7) is 19.0. The van der Waals surface area contributed by atoms with Crippen LogP contribution < -0.4 is 30.9 Å². The van der Waals surface area contributed by atoms with Gasteiger partial charge in [0.1, 0.15) is 36.1 Å². The largest absolute Gasteiger partial charge is 0.458 e. The number of allylic oxidation sites excluding steroid dienone is 12. The molecule has 0 saturated carbocycles. The van der Waals surface area contributed by atoms with E-state index in [0.29, 0.717) is 129 Å². The number of aliphatic hydroxyl groups is 3. The van der Waals surface area contributed by atoms with E-state index < -0.39 is 28.7 Å². The summed E-state index contributed by atoms with van der Waals surface area (Å²) >= 11 is 5.62. The summed E-state index contributed by atoms with van der Waals surface area (Å²) in [7, 11) is 0. The first-order valence-corrected chi connectivity index (χ1v) is 57.7. The Kier molecular flexibility index (Phi) is 44.6. The molecule has 3 aromatic carbocycles. The second kappa shape index (κ2) is 57.8. The van der Waals surface area contributed by atoms with E-state index in [1.807, 2.05) is 54.6 Å². The number of Topliss-reactive ketones (excluding diaryl/α,β-unsaturated/α-hetero) is 1. The number of rotatable bonds is 57. The van der Waals surface area contributed by atoms with E-state index >= 15 is 0 Å². The molecule has 11 heterocycles. The maximum atomic E-state index is 13.7. The molecule has 0 saturated heterocycles. The molecule has 6 aliphatic rings. The van der Waals surface area contributed by atoms with Crippen LogP contribution in [0.15, 0.2) is 160 Å². The molecular formula is C127H165N7O15S. The molecule has 1 aliphatic carbocycles. The monoisotopic (exact) mass is 2060 g/mol. The van der Waals surface area contributed by atoms with Crippen LogP contribution in [0.25, 0.3) is 66.9 Å². The van der Waals surface area contributed by atoms with Crippen LogP contribution in [0.5, 0.6) is 17.2 Å². The van der Waals surface area contributed by atoms with Crippen molar-refractivity contribution in [1.82, 2.24) is 28.7 Å². The Morgan fingerprint density at radius 1 is 0.360 bits per heavy atom. The summed E-state index contributed by atoms with van der Waals surface area (Å²) in [5.74, 6) is 0.180. The lowest BCUT2D eigenvalue weighted by Gasteiger charge is -2.32. The third kappa shape index (κ3) is 28.9. The zero-order valence-corrected chi connectivity index (χ0v) is 91.9. The molecular weight excluding hydrogens is 1900 g/mol. The molecule has 15 rings (SSSR count). The minimum Gasteiger partial charge on any atom is -0.458 e. The SMILES string of the molecule is CCCCC/C=C\C/C=C\CCCCCCCCCC(=N)Oc1ccc2nc3c(c(CC)c2c1)Cn1c-3cc2c(c1=O)CCC(=O)[C@]2(O)CC.CCCCC/C=C\C/C=C\CCCCCCCCCC(=O)Oc1ccc2nc3c(c(CC)c2c1)Cn1c-3cc2c(c1=O)COC(=O)[C@]2(O)CC.CCCCC/C=C\C/C=C\CCCCCCCCCC(=S)Oc1ccc2nc3c(c(CC)c2c1)Cn1c-3cc2c(c1=O)COC(=O)[C@]2(O)CC. The molecule has 0 spiro atoms. The van der Waals surface area contributed by atoms with Crippen molar-refractivity contribution in [2.45, 2.75) is 433 Å². The van der Waals surface area contributed by atoms with Crippen LogP contribution in [-0.4, -0.2) is 78.6 Å². The average molecular weight is 2060 g/mol. The average Bonchev–Trinajstić information content (AvgIpc) is 1.54. The van der Waals surface area contributed by atoms with E-state index in [-0.39, 0.29) is 73.2 Å². The van der Waals surface area contributed by atoms with E-state index in [1.54, 1.807) is 52.7 Å². The van der Waals surface area contributed by atoms with Gasteiger partial charge in [0.15, 0.2) is 27.9 Å². The van der Waals surface area contributed by atoms with Crippen molar-refractivity contribution < 1.29 is 58.2 Å². The highest BCUT2D eigenvalue weighted by atomic mass is 32.1. The minimum atomic E-state index is -1.86. The van der Waals surface area contributed by atoms with Gasteiger partial charge in [-0.3, -0.25) is 29.4 Å². The minimum absolute atomic E-state index is 0.0949. The van der Waals surface area contributed by atoms with Gasteiger partial charge in [-0.15, -0.1) is 0 Å². The quantitative estimate of drug-likeness (QED) is 0.00523. The van der Waals surface area contributed by atoms with Crippen LogP contribution >= 0.6 is 12.2 Å². The number of thiocarbonyl (C=S) groups is 1. The van der Waals surface area contributed by atoms with Crippen LogP contribution in [0.4, 0.5) is 0 Å². The summed E-state index contributed by atoms with van der Waals surface area (Å²) < 4.78 is 33.4. The molecule has 0 fully saturated rings. The third-order valence-electron chi connectivity index (χ3n) is 31.0. The van der Waals surface area contributed by atoms with Crippen molar-refractivity contribution in [2.75, 3.05) is 0 Å². The first-order chi connectivity index (χ1) is 72.9. The van der Waals surface area contributed by atoms with Gasteiger partial charge in [-0.25, -0.2) is 24.5 Å². The van der Waals surface area contributed by atoms with Crippen LogP contribution in [0, 0.1) is 5.41 Å². The number of ether oxygens (including phenoxy) is 5. The second-order valence-electron chi connectivity index (χ2n) is 41.5.